The summed E-state index contributed by atoms with van der Waals surface area (Å²) >= 11 is 0. The molecule has 3 aliphatic rings. The molecule has 276 valence electrons. The van der Waals surface area contributed by atoms with Crippen molar-refractivity contribution >= 4 is 39.0 Å². The van der Waals surface area contributed by atoms with Gasteiger partial charge in [0, 0.05) is 33.3 Å². The van der Waals surface area contributed by atoms with E-state index >= 15 is 0 Å². The molecule has 2 aliphatic carbocycles. The van der Waals surface area contributed by atoms with Crippen molar-refractivity contribution in [3.8, 4) is 56.4 Å². The summed E-state index contributed by atoms with van der Waals surface area (Å²) in [4.78, 5) is 2.24. The zero-order chi connectivity index (χ0) is 38.7. The van der Waals surface area contributed by atoms with Crippen LogP contribution in [0.25, 0.3) is 55.3 Å². The van der Waals surface area contributed by atoms with E-state index in [4.69, 9.17) is 13.9 Å². The number of rotatable bonds is 4. The summed E-state index contributed by atoms with van der Waals surface area (Å²) in [6, 6.07) is 70.8. The van der Waals surface area contributed by atoms with Crippen molar-refractivity contribution in [1.82, 2.24) is 0 Å². The maximum Gasteiger partial charge on any atom is 0.194 e. The Labute approximate surface area is 340 Å². The molecule has 1 aliphatic heterocycles. The van der Waals surface area contributed by atoms with E-state index < -0.39 is 5.41 Å². The summed E-state index contributed by atoms with van der Waals surface area (Å²) in [5.41, 5.74) is 16.2. The summed E-state index contributed by atoms with van der Waals surface area (Å²) in [6.45, 7) is 0. The third kappa shape index (κ3) is 4.37. The van der Waals surface area contributed by atoms with E-state index in [9.17, 15) is 0 Å². The predicted octanol–water partition coefficient (Wildman–Crippen LogP) is 15.0. The molecule has 59 heavy (non-hydrogen) atoms. The quantitative estimate of drug-likeness (QED) is 0.179. The molecule has 0 atom stereocenters. The molecule has 1 aromatic heterocycles. The Morgan fingerprint density at radius 3 is 1.73 bits per heavy atom. The van der Waals surface area contributed by atoms with Crippen molar-refractivity contribution in [3.63, 3.8) is 0 Å². The molecular weight excluding hydrogens is 723 g/mol. The van der Waals surface area contributed by atoms with Crippen LogP contribution < -0.4 is 14.4 Å². The summed E-state index contributed by atoms with van der Waals surface area (Å²) in [6.07, 6.45) is 0. The third-order valence-electron chi connectivity index (χ3n) is 12.6. The number of para-hydroxylation sites is 4. The zero-order valence-electron chi connectivity index (χ0n) is 31.7. The first-order valence-electron chi connectivity index (χ1n) is 20.1. The molecule has 0 fully saturated rings. The number of nitrogens with zero attached hydrogens (tertiary/aromatic N) is 1. The maximum atomic E-state index is 7.10. The summed E-state index contributed by atoms with van der Waals surface area (Å²) in [7, 11) is 0. The Kier molecular flexibility index (Phi) is 6.62. The van der Waals surface area contributed by atoms with Gasteiger partial charge in [0.1, 0.15) is 11.2 Å². The molecular formula is C55H33NO3. The lowest BCUT2D eigenvalue weighted by molar-refractivity contribution is 0.361. The van der Waals surface area contributed by atoms with Crippen molar-refractivity contribution in [2.75, 3.05) is 4.90 Å². The van der Waals surface area contributed by atoms with Gasteiger partial charge in [0.05, 0.1) is 11.1 Å². The Bertz CT molecular complexity index is 3300. The molecule has 0 unspecified atom stereocenters. The minimum absolute atomic E-state index is 0.466. The second-order valence-electron chi connectivity index (χ2n) is 15.5. The minimum atomic E-state index is -0.466. The highest BCUT2D eigenvalue weighted by molar-refractivity contribution is 6.09. The fourth-order valence-corrected chi connectivity index (χ4v) is 10.2. The Balaban J connectivity index is 0.940. The number of hydrogen-bond acceptors (Lipinski definition) is 4. The number of fused-ring (bicyclic) bond motifs is 16. The Morgan fingerprint density at radius 1 is 0.373 bits per heavy atom. The highest BCUT2D eigenvalue weighted by Gasteiger charge is 2.53. The smallest absolute Gasteiger partial charge is 0.194 e. The van der Waals surface area contributed by atoms with E-state index in [0.717, 1.165) is 61.4 Å². The normalized spacial score (nSPS) is 13.5. The molecule has 0 bridgehead atoms. The van der Waals surface area contributed by atoms with Gasteiger partial charge >= 0.3 is 0 Å². The van der Waals surface area contributed by atoms with E-state index in [0.29, 0.717) is 17.2 Å². The average Bonchev–Trinajstić information content (AvgIpc) is 3.94. The van der Waals surface area contributed by atoms with Gasteiger partial charge in [-0.3, -0.25) is 0 Å². The first-order chi connectivity index (χ1) is 29.3. The van der Waals surface area contributed by atoms with E-state index in [1.807, 2.05) is 24.3 Å². The highest BCUT2D eigenvalue weighted by atomic mass is 16.6. The molecule has 4 nitrogen and oxygen atoms in total. The van der Waals surface area contributed by atoms with Gasteiger partial charge in [-0.05, 0) is 93.0 Å². The van der Waals surface area contributed by atoms with Crippen molar-refractivity contribution < 1.29 is 13.9 Å². The lowest BCUT2D eigenvalue weighted by atomic mass is 9.70. The van der Waals surface area contributed by atoms with Crippen molar-refractivity contribution in [2.24, 2.45) is 0 Å². The standard InChI is InChI=1S/C55H33NO3/c1-2-14-35(15-3-1)56(36-30-28-34(29-31-36)37-20-12-21-41-40-18-7-11-26-48(40)57-52(37)41)47-25-13-27-49-53(47)58-50-33-32-46-51(54(50)59-49)42-19-6-10-24-45(42)55(46)43-22-8-4-16-38(43)39-17-5-9-23-44(39)55/h1-33H. The van der Waals surface area contributed by atoms with Crippen molar-refractivity contribution in [2.45, 2.75) is 5.41 Å². The van der Waals surface area contributed by atoms with Gasteiger partial charge in [-0.25, -0.2) is 0 Å². The van der Waals surface area contributed by atoms with E-state index in [1.165, 1.54) is 38.9 Å². The average molecular weight is 756 g/mol. The highest BCUT2D eigenvalue weighted by Crippen LogP contribution is 2.66. The molecule has 4 heteroatoms. The molecule has 10 aromatic rings. The van der Waals surface area contributed by atoms with Crippen LogP contribution in [-0.4, -0.2) is 0 Å². The van der Waals surface area contributed by atoms with Gasteiger partial charge in [-0.15, -0.1) is 0 Å². The minimum Gasteiger partial charge on any atom is -0.455 e. The molecule has 0 radical (unpaired) electrons. The fraction of sp³-hybridized carbons (Fsp3) is 0.0182. The second kappa shape index (κ2) is 12.1. The van der Waals surface area contributed by atoms with E-state index in [1.54, 1.807) is 0 Å². The van der Waals surface area contributed by atoms with Crippen LogP contribution in [0.2, 0.25) is 0 Å². The lowest BCUT2D eigenvalue weighted by Crippen LogP contribution is -2.25. The largest absolute Gasteiger partial charge is 0.455 e. The van der Waals surface area contributed by atoms with Crippen LogP contribution >= 0.6 is 0 Å². The summed E-state index contributed by atoms with van der Waals surface area (Å²) < 4.78 is 20.6. The van der Waals surface area contributed by atoms with Gasteiger partial charge < -0.3 is 18.8 Å². The van der Waals surface area contributed by atoms with Crippen LogP contribution in [0.15, 0.2) is 205 Å². The number of benzene rings is 9. The summed E-state index contributed by atoms with van der Waals surface area (Å²) in [5, 5.41) is 2.24. The van der Waals surface area contributed by atoms with Gasteiger partial charge in [0.15, 0.2) is 23.0 Å². The first kappa shape index (κ1) is 32.3. The predicted molar refractivity (Wildman–Crippen MR) is 237 cm³/mol. The van der Waals surface area contributed by atoms with Gasteiger partial charge in [-0.1, -0.05) is 152 Å². The zero-order valence-corrected chi connectivity index (χ0v) is 31.7. The van der Waals surface area contributed by atoms with E-state index in [2.05, 4.69) is 181 Å². The van der Waals surface area contributed by atoms with Crippen LogP contribution in [0.4, 0.5) is 17.1 Å². The van der Waals surface area contributed by atoms with Crippen LogP contribution in [0.1, 0.15) is 22.3 Å². The molecule has 2 heterocycles. The molecule has 9 aromatic carbocycles. The second-order valence-corrected chi connectivity index (χ2v) is 15.5. The molecule has 0 saturated carbocycles. The van der Waals surface area contributed by atoms with Gasteiger partial charge in [0.2, 0.25) is 0 Å². The number of anilines is 3. The van der Waals surface area contributed by atoms with Crippen molar-refractivity contribution in [1.29, 1.82) is 0 Å². The number of ether oxygens (including phenoxy) is 2. The summed E-state index contributed by atoms with van der Waals surface area (Å²) in [5.74, 6) is 2.77. The van der Waals surface area contributed by atoms with Crippen LogP contribution in [-0.2, 0) is 5.41 Å². The molecule has 1 spiro atoms. The Hall–Kier alpha value is -7.82. The van der Waals surface area contributed by atoms with Crippen LogP contribution in [0.3, 0.4) is 0 Å². The van der Waals surface area contributed by atoms with Crippen LogP contribution in [0, 0.1) is 0 Å². The molecule has 0 saturated heterocycles. The number of hydrogen-bond donors (Lipinski definition) is 0. The van der Waals surface area contributed by atoms with E-state index in [-0.39, 0.29) is 0 Å². The first-order valence-corrected chi connectivity index (χ1v) is 20.1. The lowest BCUT2D eigenvalue weighted by Gasteiger charge is -2.32. The monoisotopic (exact) mass is 755 g/mol. The fourth-order valence-electron chi connectivity index (χ4n) is 10.2. The third-order valence-corrected chi connectivity index (χ3v) is 12.6. The maximum absolute atomic E-state index is 7.10. The molecule has 0 amide bonds. The van der Waals surface area contributed by atoms with Crippen molar-refractivity contribution in [3.05, 3.63) is 222 Å². The SMILES string of the molecule is c1ccc(N(c2ccc(-c3cccc4c3oc3ccccc34)cc2)c2cccc3c2Oc2ccc4c(c2O3)-c2ccccc2C42c3ccccc3-c3ccccc32)cc1. The molecule has 13 rings (SSSR count). The van der Waals surface area contributed by atoms with Crippen LogP contribution in [0.5, 0.6) is 23.0 Å². The number of furan rings is 1. The Morgan fingerprint density at radius 2 is 0.949 bits per heavy atom. The molecule has 0 N–H and O–H groups in total. The topological polar surface area (TPSA) is 34.8 Å². The van der Waals surface area contributed by atoms with Gasteiger partial charge in [0.25, 0.3) is 0 Å². The van der Waals surface area contributed by atoms with Gasteiger partial charge in [-0.2, -0.15) is 0 Å².